The number of para-hydroxylation sites is 1. The van der Waals surface area contributed by atoms with Crippen LogP contribution in [0.2, 0.25) is 5.02 Å². The van der Waals surface area contributed by atoms with Gasteiger partial charge in [-0.3, -0.25) is 0 Å². The maximum atomic E-state index is 11.5. The van der Waals surface area contributed by atoms with Crippen molar-refractivity contribution in [1.29, 1.82) is 0 Å². The Morgan fingerprint density at radius 1 is 1.14 bits per heavy atom. The van der Waals surface area contributed by atoms with Crippen LogP contribution in [-0.4, -0.2) is 15.5 Å². The van der Waals surface area contributed by atoms with Gasteiger partial charge in [-0.1, -0.05) is 29.8 Å². The number of halogens is 1. The van der Waals surface area contributed by atoms with Gasteiger partial charge in [0.1, 0.15) is 4.90 Å². The van der Waals surface area contributed by atoms with E-state index in [1.54, 1.807) is 24.3 Å². The van der Waals surface area contributed by atoms with E-state index in [1.807, 2.05) is 24.1 Å². The number of nitrogen functional groups attached to an aromatic ring is 1. The maximum absolute atomic E-state index is 11.5. The molecule has 0 unspecified atom stereocenters. The summed E-state index contributed by atoms with van der Waals surface area (Å²) < 4.78 is 23.0. The fourth-order valence-electron chi connectivity index (χ4n) is 2.06. The highest BCUT2D eigenvalue weighted by Crippen LogP contribution is 2.29. The number of benzene rings is 2. The molecule has 112 valence electrons. The number of nitrogens with two attached hydrogens (primary N) is 2. The fourth-order valence-corrected chi connectivity index (χ4v) is 2.87. The Morgan fingerprint density at radius 2 is 1.76 bits per heavy atom. The number of hydrogen-bond acceptors (Lipinski definition) is 4. The van der Waals surface area contributed by atoms with Crippen LogP contribution in [0.25, 0.3) is 0 Å². The highest BCUT2D eigenvalue weighted by molar-refractivity contribution is 7.89. The van der Waals surface area contributed by atoms with E-state index in [4.69, 9.17) is 22.5 Å². The Morgan fingerprint density at radius 3 is 2.33 bits per heavy atom. The zero-order chi connectivity index (χ0) is 15.6. The summed E-state index contributed by atoms with van der Waals surface area (Å²) in [5, 5.41) is 5.82. The van der Waals surface area contributed by atoms with Crippen molar-refractivity contribution in [2.45, 2.75) is 11.4 Å². The van der Waals surface area contributed by atoms with Crippen molar-refractivity contribution >= 4 is 33.0 Å². The standard InChI is InChI=1S/C14H16ClN3O2S/c1-18(9-10-5-7-11(15)8-6-10)12-3-2-4-13(14(12)16)21(17,19)20/h2-8H,9,16H2,1H3,(H2,17,19,20). The van der Waals surface area contributed by atoms with Crippen LogP contribution in [0, 0.1) is 0 Å². The summed E-state index contributed by atoms with van der Waals surface area (Å²) in [4.78, 5) is 1.79. The average molecular weight is 326 g/mol. The van der Waals surface area contributed by atoms with E-state index in [9.17, 15) is 8.42 Å². The molecule has 0 atom stereocenters. The second-order valence-corrected chi connectivity index (χ2v) is 6.68. The monoisotopic (exact) mass is 325 g/mol. The van der Waals surface area contributed by atoms with Gasteiger partial charge in [0.2, 0.25) is 10.0 Å². The molecule has 0 saturated heterocycles. The zero-order valence-corrected chi connectivity index (χ0v) is 13.0. The first-order valence-corrected chi connectivity index (χ1v) is 8.08. The molecule has 4 N–H and O–H groups in total. The third-order valence-electron chi connectivity index (χ3n) is 3.09. The van der Waals surface area contributed by atoms with E-state index in [0.717, 1.165) is 5.56 Å². The van der Waals surface area contributed by atoms with Gasteiger partial charge in [-0.05, 0) is 29.8 Å². The van der Waals surface area contributed by atoms with Crippen LogP contribution in [-0.2, 0) is 16.6 Å². The molecule has 0 aliphatic carbocycles. The second-order valence-electron chi connectivity index (χ2n) is 4.72. The molecule has 7 heteroatoms. The molecule has 2 aromatic rings. The lowest BCUT2D eigenvalue weighted by atomic mass is 10.2. The van der Waals surface area contributed by atoms with Crippen LogP contribution in [0.1, 0.15) is 5.56 Å². The van der Waals surface area contributed by atoms with Gasteiger partial charge in [0, 0.05) is 18.6 Å². The van der Waals surface area contributed by atoms with Gasteiger partial charge in [0.05, 0.1) is 11.4 Å². The van der Waals surface area contributed by atoms with Crippen LogP contribution in [0.5, 0.6) is 0 Å². The smallest absolute Gasteiger partial charge is 0.240 e. The minimum absolute atomic E-state index is 0.0667. The lowest BCUT2D eigenvalue weighted by Crippen LogP contribution is -2.20. The van der Waals surface area contributed by atoms with Crippen molar-refractivity contribution in [3.63, 3.8) is 0 Å². The second kappa shape index (κ2) is 5.93. The molecule has 2 aromatic carbocycles. The Bertz CT molecular complexity index is 745. The summed E-state index contributed by atoms with van der Waals surface area (Å²) in [6.45, 7) is 0.565. The highest BCUT2D eigenvalue weighted by atomic mass is 35.5. The Hall–Kier alpha value is -1.76. The van der Waals surface area contributed by atoms with E-state index in [1.165, 1.54) is 6.07 Å². The van der Waals surface area contributed by atoms with Gasteiger partial charge < -0.3 is 10.6 Å². The number of nitrogens with zero attached hydrogens (tertiary/aromatic N) is 1. The number of hydrogen-bond donors (Lipinski definition) is 2. The topological polar surface area (TPSA) is 89.4 Å². The quantitative estimate of drug-likeness (QED) is 0.843. The van der Waals surface area contributed by atoms with E-state index >= 15 is 0 Å². The SMILES string of the molecule is CN(Cc1ccc(Cl)cc1)c1cccc(S(N)(=O)=O)c1N. The first-order valence-electron chi connectivity index (χ1n) is 6.16. The van der Waals surface area contributed by atoms with E-state index in [-0.39, 0.29) is 10.6 Å². The number of rotatable bonds is 4. The third kappa shape index (κ3) is 3.66. The lowest BCUT2D eigenvalue weighted by Gasteiger charge is -2.22. The van der Waals surface area contributed by atoms with Gasteiger partial charge in [-0.15, -0.1) is 0 Å². The van der Waals surface area contributed by atoms with Crippen LogP contribution in [0.15, 0.2) is 47.4 Å². The molecule has 0 aliphatic rings. The molecular formula is C14H16ClN3O2S. The number of primary sulfonamides is 1. The normalized spacial score (nSPS) is 11.4. The molecule has 0 saturated carbocycles. The molecule has 0 heterocycles. The van der Waals surface area contributed by atoms with Gasteiger partial charge in [-0.25, -0.2) is 13.6 Å². The van der Waals surface area contributed by atoms with Crippen molar-refractivity contribution in [2.75, 3.05) is 17.7 Å². The predicted octanol–water partition coefficient (Wildman–Crippen LogP) is 2.21. The predicted molar refractivity (Wildman–Crippen MR) is 85.8 cm³/mol. The van der Waals surface area contributed by atoms with Crippen molar-refractivity contribution in [1.82, 2.24) is 0 Å². The van der Waals surface area contributed by atoms with Crippen LogP contribution in [0.3, 0.4) is 0 Å². The molecule has 21 heavy (non-hydrogen) atoms. The molecule has 0 bridgehead atoms. The summed E-state index contributed by atoms with van der Waals surface area (Å²) in [7, 11) is -2.01. The van der Waals surface area contributed by atoms with Crippen LogP contribution in [0.4, 0.5) is 11.4 Å². The zero-order valence-electron chi connectivity index (χ0n) is 11.5. The van der Waals surface area contributed by atoms with Crippen molar-refractivity contribution in [3.8, 4) is 0 Å². The molecule has 0 aliphatic heterocycles. The maximum Gasteiger partial charge on any atom is 0.240 e. The number of anilines is 2. The summed E-state index contributed by atoms with van der Waals surface area (Å²) in [5.74, 6) is 0. The molecular weight excluding hydrogens is 310 g/mol. The van der Waals surface area contributed by atoms with Gasteiger partial charge in [-0.2, -0.15) is 0 Å². The van der Waals surface area contributed by atoms with E-state index in [0.29, 0.717) is 17.3 Å². The first kappa shape index (κ1) is 15.6. The third-order valence-corrected chi connectivity index (χ3v) is 4.31. The summed E-state index contributed by atoms with van der Waals surface area (Å²) >= 11 is 5.85. The molecule has 0 fully saturated rings. The summed E-state index contributed by atoms with van der Waals surface area (Å²) in [6.07, 6.45) is 0. The average Bonchev–Trinajstić information content (AvgIpc) is 2.40. The fraction of sp³-hybridized carbons (Fsp3) is 0.143. The van der Waals surface area contributed by atoms with Crippen molar-refractivity contribution < 1.29 is 8.42 Å². The van der Waals surface area contributed by atoms with Gasteiger partial charge >= 0.3 is 0 Å². The van der Waals surface area contributed by atoms with E-state index < -0.39 is 10.0 Å². The van der Waals surface area contributed by atoms with Gasteiger partial charge in [0.15, 0.2) is 0 Å². The van der Waals surface area contributed by atoms with E-state index in [2.05, 4.69) is 0 Å². The summed E-state index contributed by atoms with van der Waals surface area (Å²) in [5.41, 5.74) is 7.71. The summed E-state index contributed by atoms with van der Waals surface area (Å²) in [6, 6.07) is 12.2. The molecule has 0 spiro atoms. The minimum atomic E-state index is -3.84. The molecule has 0 aromatic heterocycles. The molecule has 5 nitrogen and oxygen atoms in total. The Balaban J connectivity index is 2.31. The van der Waals surface area contributed by atoms with Crippen LogP contribution < -0.4 is 15.8 Å². The molecule has 0 radical (unpaired) electrons. The highest BCUT2D eigenvalue weighted by Gasteiger charge is 2.16. The largest absolute Gasteiger partial charge is 0.396 e. The lowest BCUT2D eigenvalue weighted by molar-refractivity contribution is 0.598. The Kier molecular flexibility index (Phi) is 4.41. The molecule has 2 rings (SSSR count). The first-order chi connectivity index (χ1) is 9.79. The minimum Gasteiger partial charge on any atom is -0.396 e. The number of sulfonamides is 1. The van der Waals surface area contributed by atoms with Gasteiger partial charge in [0.25, 0.3) is 0 Å². The van der Waals surface area contributed by atoms with Crippen molar-refractivity contribution in [3.05, 3.63) is 53.1 Å². The van der Waals surface area contributed by atoms with Crippen molar-refractivity contribution in [2.24, 2.45) is 5.14 Å². The Labute approximate surface area is 129 Å². The molecule has 0 amide bonds. The van der Waals surface area contributed by atoms with Crippen LogP contribution >= 0.6 is 11.6 Å².